The van der Waals surface area contributed by atoms with Crippen molar-refractivity contribution in [2.45, 2.75) is 17.9 Å². The summed E-state index contributed by atoms with van der Waals surface area (Å²) in [6, 6.07) is 13.0. The second kappa shape index (κ2) is 7.77. The van der Waals surface area contributed by atoms with Crippen molar-refractivity contribution in [3.05, 3.63) is 59.7 Å². The van der Waals surface area contributed by atoms with Gasteiger partial charge in [-0.1, -0.05) is 24.3 Å². The van der Waals surface area contributed by atoms with Crippen LogP contribution in [0.2, 0.25) is 0 Å². The minimum absolute atomic E-state index is 0.00430. The van der Waals surface area contributed by atoms with Gasteiger partial charge in [0.15, 0.2) is 5.78 Å². The highest BCUT2D eigenvalue weighted by atomic mass is 32.2. The van der Waals surface area contributed by atoms with Gasteiger partial charge in [0.25, 0.3) is 0 Å². The largest absolute Gasteiger partial charge is 0.387 e. The fourth-order valence-electron chi connectivity index (χ4n) is 2.27. The van der Waals surface area contributed by atoms with Crippen LogP contribution in [0.4, 0.5) is 5.69 Å². The normalized spacial score (nSPS) is 12.6. The predicted octanol–water partition coefficient (Wildman–Crippen LogP) is 1.97. The minimum atomic E-state index is -3.81. The molecular weight excluding hydrogens is 340 g/mol. The van der Waals surface area contributed by atoms with Crippen molar-refractivity contribution in [1.82, 2.24) is 4.72 Å². The molecule has 0 amide bonds. The maximum absolute atomic E-state index is 12.3. The van der Waals surface area contributed by atoms with Crippen molar-refractivity contribution in [3.8, 4) is 0 Å². The van der Waals surface area contributed by atoms with E-state index in [-0.39, 0.29) is 17.2 Å². The van der Waals surface area contributed by atoms with E-state index in [1.54, 1.807) is 18.2 Å². The summed E-state index contributed by atoms with van der Waals surface area (Å²) in [6.45, 7) is 1.22. The number of nitrogens with zero attached hydrogens (tertiary/aromatic N) is 1. The Hall–Kier alpha value is -2.22. The first-order valence-corrected chi connectivity index (χ1v) is 9.25. The monoisotopic (exact) mass is 362 g/mol. The Bertz CT molecular complexity index is 846. The van der Waals surface area contributed by atoms with Crippen LogP contribution in [0.3, 0.4) is 0 Å². The van der Waals surface area contributed by atoms with E-state index in [1.807, 2.05) is 31.1 Å². The second-order valence-electron chi connectivity index (χ2n) is 5.94. The first-order valence-electron chi connectivity index (χ1n) is 7.77. The van der Waals surface area contributed by atoms with Crippen LogP contribution in [-0.4, -0.2) is 39.9 Å². The molecule has 0 aliphatic heterocycles. The number of Topliss-reactive ketones (excluding diaryl/α,β-unsaturated/α-hetero) is 1. The maximum atomic E-state index is 12.3. The number of ketones is 1. The van der Waals surface area contributed by atoms with Gasteiger partial charge in [-0.3, -0.25) is 4.79 Å². The molecule has 0 bridgehead atoms. The number of hydrogen-bond donors (Lipinski definition) is 2. The van der Waals surface area contributed by atoms with Gasteiger partial charge in [-0.15, -0.1) is 0 Å². The van der Waals surface area contributed by atoms with Crippen LogP contribution >= 0.6 is 0 Å². The Morgan fingerprint density at radius 1 is 1.16 bits per heavy atom. The molecule has 0 spiro atoms. The fraction of sp³-hybridized carbons (Fsp3) is 0.278. The van der Waals surface area contributed by atoms with E-state index in [4.69, 9.17) is 0 Å². The van der Waals surface area contributed by atoms with E-state index in [2.05, 4.69) is 4.72 Å². The van der Waals surface area contributed by atoms with Crippen LogP contribution in [0.15, 0.2) is 53.4 Å². The van der Waals surface area contributed by atoms with Crippen LogP contribution in [0, 0.1) is 0 Å². The van der Waals surface area contributed by atoms with Gasteiger partial charge in [0.1, 0.15) is 0 Å². The lowest BCUT2D eigenvalue weighted by Crippen LogP contribution is -2.28. The number of carbonyl (C=O) groups excluding carboxylic acids is 1. The summed E-state index contributed by atoms with van der Waals surface area (Å²) in [5.41, 5.74) is 1.92. The highest BCUT2D eigenvalue weighted by Crippen LogP contribution is 2.18. The first-order chi connectivity index (χ1) is 11.7. The van der Waals surface area contributed by atoms with Crippen LogP contribution in [-0.2, 0) is 10.0 Å². The van der Waals surface area contributed by atoms with Gasteiger partial charge in [-0.05, 0) is 36.8 Å². The van der Waals surface area contributed by atoms with Gasteiger partial charge in [0.05, 0.1) is 11.0 Å². The summed E-state index contributed by atoms with van der Waals surface area (Å²) >= 11 is 0. The van der Waals surface area contributed by atoms with Crippen molar-refractivity contribution in [3.63, 3.8) is 0 Å². The number of hydrogen-bond acceptors (Lipinski definition) is 5. The van der Waals surface area contributed by atoms with E-state index >= 15 is 0 Å². The van der Waals surface area contributed by atoms with E-state index in [9.17, 15) is 18.3 Å². The minimum Gasteiger partial charge on any atom is -0.387 e. The van der Waals surface area contributed by atoms with Crippen LogP contribution in [0.25, 0.3) is 0 Å². The molecule has 0 aliphatic rings. The highest BCUT2D eigenvalue weighted by Gasteiger charge is 2.17. The summed E-state index contributed by atoms with van der Waals surface area (Å²) in [6.07, 6.45) is -0.970. The third kappa shape index (κ3) is 4.88. The number of aliphatic hydroxyl groups is 1. The molecule has 7 heteroatoms. The molecule has 2 aromatic carbocycles. The Balaban J connectivity index is 2.08. The highest BCUT2D eigenvalue weighted by molar-refractivity contribution is 7.89. The van der Waals surface area contributed by atoms with E-state index in [0.717, 1.165) is 5.69 Å². The van der Waals surface area contributed by atoms with Crippen molar-refractivity contribution < 1.29 is 18.3 Å². The zero-order valence-corrected chi connectivity index (χ0v) is 15.2. The zero-order valence-electron chi connectivity index (χ0n) is 14.4. The smallest absolute Gasteiger partial charge is 0.240 e. The standard InChI is InChI=1S/C18H22N2O4S/c1-13(21)15-5-4-6-17(11-15)25(23,24)19-12-18(22)14-7-9-16(10-8-14)20(2)3/h4-11,18-19,22H,12H2,1-3H3/t18-/m1/s1. The summed E-state index contributed by atoms with van der Waals surface area (Å²) in [5, 5.41) is 10.2. The lowest BCUT2D eigenvalue weighted by Gasteiger charge is -2.16. The Morgan fingerprint density at radius 3 is 2.36 bits per heavy atom. The Morgan fingerprint density at radius 2 is 1.80 bits per heavy atom. The third-order valence-electron chi connectivity index (χ3n) is 3.81. The van der Waals surface area contributed by atoms with Crippen LogP contribution in [0.1, 0.15) is 28.9 Å². The predicted molar refractivity (Wildman–Crippen MR) is 97.4 cm³/mol. The average molecular weight is 362 g/mol. The second-order valence-corrected chi connectivity index (χ2v) is 7.70. The molecule has 0 aromatic heterocycles. The molecule has 0 saturated carbocycles. The average Bonchev–Trinajstić information content (AvgIpc) is 2.60. The molecule has 0 aliphatic carbocycles. The molecule has 1 atom stereocenters. The van der Waals surface area contributed by atoms with Crippen molar-refractivity contribution in [2.75, 3.05) is 25.5 Å². The molecular formula is C18H22N2O4S. The van der Waals surface area contributed by atoms with E-state index in [1.165, 1.54) is 25.1 Å². The Kier molecular flexibility index (Phi) is 5.94. The molecule has 134 valence electrons. The molecule has 2 N–H and O–H groups in total. The summed E-state index contributed by atoms with van der Waals surface area (Å²) < 4.78 is 27.1. The number of benzene rings is 2. The number of nitrogens with one attached hydrogen (secondary N) is 1. The molecule has 0 radical (unpaired) electrons. The molecule has 0 saturated heterocycles. The SMILES string of the molecule is CC(=O)c1cccc(S(=O)(=O)NC[C@@H](O)c2ccc(N(C)C)cc2)c1. The summed E-state index contributed by atoms with van der Waals surface area (Å²) in [7, 11) is 0.0115. The zero-order chi connectivity index (χ0) is 18.6. The number of carbonyl (C=O) groups is 1. The maximum Gasteiger partial charge on any atom is 0.240 e. The van der Waals surface area contributed by atoms with Gasteiger partial charge in [0, 0.05) is 31.9 Å². The van der Waals surface area contributed by atoms with Crippen LogP contribution in [0.5, 0.6) is 0 Å². The van der Waals surface area contributed by atoms with Crippen molar-refractivity contribution >= 4 is 21.5 Å². The molecule has 0 fully saturated rings. The fourth-order valence-corrected chi connectivity index (χ4v) is 3.35. The molecule has 2 aromatic rings. The number of aliphatic hydroxyl groups excluding tert-OH is 1. The number of rotatable bonds is 7. The van der Waals surface area contributed by atoms with Gasteiger partial charge in [0.2, 0.25) is 10.0 Å². The summed E-state index contributed by atoms with van der Waals surface area (Å²) in [4.78, 5) is 13.3. The lowest BCUT2D eigenvalue weighted by atomic mass is 10.1. The molecule has 2 rings (SSSR count). The van der Waals surface area contributed by atoms with Gasteiger partial charge < -0.3 is 10.0 Å². The quantitative estimate of drug-likeness (QED) is 0.736. The lowest BCUT2D eigenvalue weighted by molar-refractivity contribution is 0.101. The third-order valence-corrected chi connectivity index (χ3v) is 5.23. The topological polar surface area (TPSA) is 86.7 Å². The van der Waals surface area contributed by atoms with Gasteiger partial charge in [-0.25, -0.2) is 13.1 Å². The van der Waals surface area contributed by atoms with Gasteiger partial charge >= 0.3 is 0 Å². The molecule has 0 unspecified atom stereocenters. The molecule has 6 nitrogen and oxygen atoms in total. The van der Waals surface area contributed by atoms with E-state index < -0.39 is 16.1 Å². The van der Waals surface area contributed by atoms with E-state index in [0.29, 0.717) is 11.1 Å². The number of anilines is 1. The van der Waals surface area contributed by atoms with Crippen molar-refractivity contribution in [1.29, 1.82) is 0 Å². The Labute approximate surface area is 148 Å². The number of sulfonamides is 1. The van der Waals surface area contributed by atoms with Gasteiger partial charge in [-0.2, -0.15) is 0 Å². The molecule has 25 heavy (non-hydrogen) atoms. The molecule has 0 heterocycles. The first kappa shape index (κ1) is 19.1. The van der Waals surface area contributed by atoms with Crippen LogP contribution < -0.4 is 9.62 Å². The summed E-state index contributed by atoms with van der Waals surface area (Å²) in [5.74, 6) is -0.210. The van der Waals surface area contributed by atoms with Crippen molar-refractivity contribution in [2.24, 2.45) is 0 Å².